The van der Waals surface area contributed by atoms with Gasteiger partial charge in [0.25, 0.3) is 0 Å². The summed E-state index contributed by atoms with van der Waals surface area (Å²) >= 11 is 3.43. The summed E-state index contributed by atoms with van der Waals surface area (Å²) in [5.74, 6) is -1.12. The lowest BCUT2D eigenvalue weighted by Gasteiger charge is -2.33. The number of carboxylic acids is 1. The van der Waals surface area contributed by atoms with Gasteiger partial charge in [-0.1, -0.05) is 52.3 Å². The highest BCUT2D eigenvalue weighted by Crippen LogP contribution is 2.37. The fraction of sp³-hybridized carbons (Fsp3) is 0.207. The third-order valence-corrected chi connectivity index (χ3v) is 9.24. The van der Waals surface area contributed by atoms with E-state index in [9.17, 15) is 23.1 Å². The van der Waals surface area contributed by atoms with Crippen molar-refractivity contribution in [3.05, 3.63) is 88.5 Å². The Balaban J connectivity index is 1.44. The SMILES string of the molecule is COc1cccc(Nc2c(S(=O)(=O)N3CCN(C(=O)OCc4ccccc4)CC3)cnc3ccc(Br)cc23)c1C(=O)O. The normalized spacial score (nSPS) is 14.0. The van der Waals surface area contributed by atoms with Crippen LogP contribution >= 0.6 is 15.9 Å². The van der Waals surface area contributed by atoms with Crippen LogP contribution in [0.2, 0.25) is 0 Å². The van der Waals surface area contributed by atoms with Gasteiger partial charge in [0.05, 0.1) is 24.0 Å². The molecule has 1 saturated heterocycles. The molecule has 3 aromatic carbocycles. The van der Waals surface area contributed by atoms with E-state index in [0.29, 0.717) is 15.4 Å². The molecule has 0 unspecified atom stereocenters. The van der Waals surface area contributed by atoms with Crippen molar-refractivity contribution in [2.45, 2.75) is 11.5 Å². The van der Waals surface area contributed by atoms with Crippen LogP contribution in [0.1, 0.15) is 15.9 Å². The van der Waals surface area contributed by atoms with Crippen molar-refractivity contribution >= 4 is 60.3 Å². The van der Waals surface area contributed by atoms with E-state index in [1.54, 1.807) is 24.3 Å². The van der Waals surface area contributed by atoms with Gasteiger partial charge in [-0.2, -0.15) is 4.31 Å². The van der Waals surface area contributed by atoms with Crippen molar-refractivity contribution in [3.8, 4) is 5.75 Å². The number of hydrogen-bond donors (Lipinski definition) is 2. The minimum absolute atomic E-state index is 0.0399. The van der Waals surface area contributed by atoms with Crippen LogP contribution in [0.3, 0.4) is 0 Å². The molecule has 42 heavy (non-hydrogen) atoms. The maximum Gasteiger partial charge on any atom is 0.410 e. The van der Waals surface area contributed by atoms with E-state index in [4.69, 9.17) is 9.47 Å². The molecule has 5 rings (SSSR count). The van der Waals surface area contributed by atoms with Crippen LogP contribution in [0.15, 0.2) is 82.3 Å². The molecule has 1 amide bonds. The second-order valence-corrected chi connectivity index (χ2v) is 12.2. The number of carbonyl (C=O) groups is 2. The Labute approximate surface area is 250 Å². The van der Waals surface area contributed by atoms with Gasteiger partial charge in [0.1, 0.15) is 22.8 Å². The topological polar surface area (TPSA) is 138 Å². The van der Waals surface area contributed by atoms with Crippen LogP contribution in [0, 0.1) is 0 Å². The van der Waals surface area contributed by atoms with Crippen molar-refractivity contribution in [1.82, 2.24) is 14.2 Å². The number of hydrogen-bond acceptors (Lipinski definition) is 8. The largest absolute Gasteiger partial charge is 0.496 e. The number of aromatic carboxylic acids is 1. The van der Waals surface area contributed by atoms with E-state index >= 15 is 0 Å². The molecule has 0 radical (unpaired) electrons. The van der Waals surface area contributed by atoms with Crippen LogP contribution in [0.4, 0.5) is 16.2 Å². The molecular formula is C29H27BrN4O7S. The number of aromatic nitrogens is 1. The number of rotatable bonds is 8. The van der Waals surface area contributed by atoms with Crippen molar-refractivity contribution in [2.24, 2.45) is 0 Å². The predicted molar refractivity (Wildman–Crippen MR) is 160 cm³/mol. The van der Waals surface area contributed by atoms with Crippen LogP contribution < -0.4 is 10.1 Å². The Morgan fingerprint density at radius 2 is 1.76 bits per heavy atom. The number of sulfonamides is 1. The van der Waals surface area contributed by atoms with Gasteiger partial charge >= 0.3 is 12.1 Å². The molecule has 0 spiro atoms. The van der Waals surface area contributed by atoms with E-state index in [0.717, 1.165) is 5.56 Å². The molecule has 2 N–H and O–H groups in total. The average molecular weight is 656 g/mol. The summed E-state index contributed by atoms with van der Waals surface area (Å²) in [4.78, 5) is 30.5. The zero-order valence-corrected chi connectivity index (χ0v) is 24.9. The summed E-state index contributed by atoms with van der Waals surface area (Å²) in [6.45, 7) is 0.479. The van der Waals surface area contributed by atoms with E-state index in [1.165, 1.54) is 34.6 Å². The number of benzene rings is 3. The number of methoxy groups -OCH3 is 1. The number of nitrogens with zero attached hydrogens (tertiary/aromatic N) is 3. The maximum absolute atomic E-state index is 14.0. The van der Waals surface area contributed by atoms with Gasteiger partial charge in [0.2, 0.25) is 10.0 Å². The lowest BCUT2D eigenvalue weighted by Crippen LogP contribution is -2.50. The molecule has 1 aliphatic rings. The predicted octanol–water partition coefficient (Wildman–Crippen LogP) is 5.09. The molecule has 4 aromatic rings. The highest BCUT2D eigenvalue weighted by atomic mass is 79.9. The number of fused-ring (bicyclic) bond motifs is 1. The fourth-order valence-corrected chi connectivity index (χ4v) is 6.58. The number of anilines is 2. The first-order valence-corrected chi connectivity index (χ1v) is 15.1. The third-order valence-electron chi connectivity index (χ3n) is 6.83. The number of ether oxygens (including phenoxy) is 2. The first-order chi connectivity index (χ1) is 20.2. The van der Waals surface area contributed by atoms with Gasteiger partial charge in [0, 0.05) is 42.2 Å². The zero-order valence-electron chi connectivity index (χ0n) is 22.5. The molecule has 2 heterocycles. The summed E-state index contributed by atoms with van der Waals surface area (Å²) in [5, 5.41) is 13.4. The number of amides is 1. The molecule has 218 valence electrons. The van der Waals surface area contributed by atoms with Gasteiger partial charge in [-0.05, 0) is 35.9 Å². The minimum Gasteiger partial charge on any atom is -0.496 e. The van der Waals surface area contributed by atoms with Gasteiger partial charge < -0.3 is 24.8 Å². The van der Waals surface area contributed by atoms with Crippen LogP contribution in [0.5, 0.6) is 5.75 Å². The number of piperazine rings is 1. The van der Waals surface area contributed by atoms with Gasteiger partial charge in [-0.25, -0.2) is 18.0 Å². The van der Waals surface area contributed by atoms with Crippen molar-refractivity contribution < 1.29 is 32.6 Å². The number of pyridine rings is 1. The smallest absolute Gasteiger partial charge is 0.410 e. The highest BCUT2D eigenvalue weighted by molar-refractivity contribution is 9.10. The van der Waals surface area contributed by atoms with Crippen LogP contribution in [0.25, 0.3) is 10.9 Å². The average Bonchev–Trinajstić information content (AvgIpc) is 3.00. The molecule has 0 atom stereocenters. The van der Waals surface area contributed by atoms with Gasteiger partial charge in [-0.15, -0.1) is 0 Å². The molecule has 1 aromatic heterocycles. The minimum atomic E-state index is -4.13. The van der Waals surface area contributed by atoms with E-state index in [1.807, 2.05) is 30.3 Å². The molecule has 1 fully saturated rings. The van der Waals surface area contributed by atoms with Crippen molar-refractivity contribution in [3.63, 3.8) is 0 Å². The lowest BCUT2D eigenvalue weighted by atomic mass is 10.1. The molecule has 0 bridgehead atoms. The van der Waals surface area contributed by atoms with Crippen molar-refractivity contribution in [1.29, 1.82) is 0 Å². The Morgan fingerprint density at radius 1 is 1.02 bits per heavy atom. The second kappa shape index (κ2) is 12.3. The summed E-state index contributed by atoms with van der Waals surface area (Å²) in [6, 6.07) is 19.2. The second-order valence-electron chi connectivity index (χ2n) is 9.40. The zero-order chi connectivity index (χ0) is 29.9. The Bertz CT molecular complexity index is 1740. The summed E-state index contributed by atoms with van der Waals surface area (Å²) in [7, 11) is -2.78. The van der Waals surface area contributed by atoms with Gasteiger partial charge in [0.15, 0.2) is 0 Å². The third kappa shape index (κ3) is 6.03. The molecule has 0 saturated carbocycles. The number of carboxylic acid groups (broad SMARTS) is 1. The Kier molecular flexibility index (Phi) is 8.61. The Morgan fingerprint density at radius 3 is 2.45 bits per heavy atom. The summed E-state index contributed by atoms with van der Waals surface area (Å²) in [6.07, 6.45) is 0.740. The summed E-state index contributed by atoms with van der Waals surface area (Å²) < 4.78 is 40.6. The quantitative estimate of drug-likeness (QED) is 0.266. The van der Waals surface area contributed by atoms with E-state index < -0.39 is 22.1 Å². The molecule has 0 aliphatic carbocycles. The lowest BCUT2D eigenvalue weighted by molar-refractivity contribution is 0.0694. The first kappa shape index (κ1) is 29.3. The van der Waals surface area contributed by atoms with Gasteiger partial charge in [-0.3, -0.25) is 4.98 Å². The molecule has 11 nitrogen and oxygen atoms in total. The number of nitrogens with one attached hydrogen (secondary N) is 1. The monoisotopic (exact) mass is 654 g/mol. The van der Waals surface area contributed by atoms with Crippen molar-refractivity contribution in [2.75, 3.05) is 38.6 Å². The molecule has 13 heteroatoms. The highest BCUT2D eigenvalue weighted by Gasteiger charge is 2.33. The number of halogens is 1. The number of carbonyl (C=O) groups excluding carboxylic acids is 1. The molecular weight excluding hydrogens is 628 g/mol. The maximum atomic E-state index is 14.0. The van der Waals surface area contributed by atoms with E-state index in [2.05, 4.69) is 26.2 Å². The van der Waals surface area contributed by atoms with E-state index in [-0.39, 0.29) is 60.4 Å². The Hall–Kier alpha value is -4.20. The standard InChI is InChI=1S/C29H27BrN4O7S/c1-40-24-9-5-8-23(26(24)28(35)36)32-27-21-16-20(30)10-11-22(21)31-17-25(27)42(38,39)34-14-12-33(13-15-34)29(37)41-18-19-6-3-2-4-7-19/h2-11,16-17H,12-15,18H2,1H3,(H,31,32)(H,35,36). The van der Waals surface area contributed by atoms with Crippen LogP contribution in [-0.2, 0) is 21.4 Å². The van der Waals surface area contributed by atoms with Crippen LogP contribution in [-0.4, -0.2) is 73.1 Å². The molecule has 1 aliphatic heterocycles. The fourth-order valence-electron chi connectivity index (χ4n) is 4.69. The summed E-state index contributed by atoms with van der Waals surface area (Å²) in [5.41, 5.74) is 1.53. The first-order valence-electron chi connectivity index (χ1n) is 12.9.